The summed E-state index contributed by atoms with van der Waals surface area (Å²) in [5.74, 6) is -2.39. The molecule has 3 heterocycles. The molecule has 0 aliphatic carbocycles. The molecular weight excluding hydrogens is 516 g/mol. The number of fused-ring (bicyclic) bond motifs is 2. The first-order valence-corrected chi connectivity index (χ1v) is 13.4. The fraction of sp³-hybridized carbons (Fsp3) is 0.429. The molecule has 4 rings (SSSR count). The molecule has 0 radical (unpaired) electrons. The largest absolute Gasteiger partial charge is 0.491 e. The normalized spacial score (nSPS) is 21.6. The van der Waals surface area contributed by atoms with Crippen LogP contribution in [0.2, 0.25) is 0 Å². The average Bonchev–Trinajstić information content (AvgIpc) is 3.42. The molecule has 5 amide bonds. The van der Waals surface area contributed by atoms with Crippen molar-refractivity contribution < 1.29 is 28.7 Å². The number of carbonyl (C=O) groups is 5. The number of carbonyl (C=O) groups excluding carboxylic acids is 5. The minimum Gasteiger partial charge on any atom is -0.491 e. The van der Waals surface area contributed by atoms with E-state index in [-0.39, 0.29) is 43.5 Å². The van der Waals surface area contributed by atoms with E-state index in [1.54, 1.807) is 41.4 Å². The van der Waals surface area contributed by atoms with Crippen molar-refractivity contribution in [2.24, 2.45) is 5.73 Å². The van der Waals surface area contributed by atoms with E-state index >= 15 is 0 Å². The molecule has 1 fully saturated rings. The van der Waals surface area contributed by atoms with Crippen LogP contribution in [0.4, 0.5) is 0 Å². The standard InChI is InChI=1S/C28H34N6O6/c29-24(35)11-10-21-28(39)34-15-5-7-19(34)17-40-23-9-2-1-8-20(23)26(37)33-22(16-25(36)32-21)27(38)31-14-12-18-6-3-4-13-30-18/h1-4,6,8-9,13,19,21-22H,5,7,10-12,14-17H2,(H2,29,35)(H,31,38)(H,32,36)(H,33,37)/t19-,21+,22+/m1/s1. The van der Waals surface area contributed by atoms with E-state index in [1.807, 2.05) is 12.1 Å². The molecule has 0 bridgehead atoms. The summed E-state index contributed by atoms with van der Waals surface area (Å²) in [6.07, 6.45) is 3.04. The van der Waals surface area contributed by atoms with Crippen molar-refractivity contribution >= 4 is 29.5 Å². The van der Waals surface area contributed by atoms with Crippen LogP contribution < -0.4 is 26.4 Å². The molecule has 5 N–H and O–H groups in total. The van der Waals surface area contributed by atoms with Crippen LogP contribution >= 0.6 is 0 Å². The summed E-state index contributed by atoms with van der Waals surface area (Å²) >= 11 is 0. The summed E-state index contributed by atoms with van der Waals surface area (Å²) in [4.78, 5) is 70.4. The Hall–Kier alpha value is -4.48. The lowest BCUT2D eigenvalue weighted by atomic mass is 10.1. The lowest BCUT2D eigenvalue weighted by Crippen LogP contribution is -2.54. The Morgan fingerprint density at radius 3 is 2.67 bits per heavy atom. The lowest BCUT2D eigenvalue weighted by molar-refractivity contribution is -0.138. The molecule has 2 aliphatic heterocycles. The number of para-hydroxylation sites is 1. The van der Waals surface area contributed by atoms with Crippen LogP contribution in [0.1, 0.15) is 48.2 Å². The fourth-order valence-electron chi connectivity index (χ4n) is 4.88. The summed E-state index contributed by atoms with van der Waals surface area (Å²) in [6.45, 7) is 0.850. The maximum Gasteiger partial charge on any atom is 0.255 e. The molecule has 1 saturated heterocycles. The molecule has 2 aliphatic rings. The van der Waals surface area contributed by atoms with Gasteiger partial charge >= 0.3 is 0 Å². The van der Waals surface area contributed by atoms with E-state index in [4.69, 9.17) is 10.5 Å². The monoisotopic (exact) mass is 550 g/mol. The van der Waals surface area contributed by atoms with Crippen LogP contribution in [0.15, 0.2) is 48.7 Å². The van der Waals surface area contributed by atoms with Gasteiger partial charge in [0.15, 0.2) is 0 Å². The van der Waals surface area contributed by atoms with Gasteiger partial charge in [0.25, 0.3) is 5.91 Å². The molecular formula is C28H34N6O6. The number of pyridine rings is 1. The number of aromatic nitrogens is 1. The van der Waals surface area contributed by atoms with Gasteiger partial charge < -0.3 is 31.3 Å². The van der Waals surface area contributed by atoms with Crippen molar-refractivity contribution in [1.29, 1.82) is 0 Å². The second kappa shape index (κ2) is 13.5. The van der Waals surface area contributed by atoms with E-state index in [9.17, 15) is 24.0 Å². The van der Waals surface area contributed by atoms with Crippen molar-refractivity contribution in [2.45, 2.75) is 56.7 Å². The third-order valence-electron chi connectivity index (χ3n) is 6.95. The molecule has 1 aromatic carbocycles. The highest BCUT2D eigenvalue weighted by molar-refractivity contribution is 6.01. The fourth-order valence-corrected chi connectivity index (χ4v) is 4.88. The van der Waals surface area contributed by atoms with E-state index in [2.05, 4.69) is 20.9 Å². The quantitative estimate of drug-likeness (QED) is 0.377. The van der Waals surface area contributed by atoms with Crippen molar-refractivity contribution in [2.75, 3.05) is 19.7 Å². The number of nitrogens with two attached hydrogens (primary N) is 1. The van der Waals surface area contributed by atoms with Gasteiger partial charge in [0.05, 0.1) is 18.0 Å². The van der Waals surface area contributed by atoms with Gasteiger partial charge in [-0.05, 0) is 43.5 Å². The molecule has 3 atom stereocenters. The second-order valence-electron chi connectivity index (χ2n) is 9.85. The zero-order valence-corrected chi connectivity index (χ0v) is 22.1. The van der Waals surface area contributed by atoms with Gasteiger partial charge in [0.1, 0.15) is 24.4 Å². The highest BCUT2D eigenvalue weighted by Gasteiger charge is 2.36. The summed E-state index contributed by atoms with van der Waals surface area (Å²) < 4.78 is 6.01. The number of hydrogen-bond acceptors (Lipinski definition) is 7. The maximum atomic E-state index is 13.5. The average molecular weight is 551 g/mol. The molecule has 0 saturated carbocycles. The molecule has 40 heavy (non-hydrogen) atoms. The number of nitrogens with one attached hydrogen (secondary N) is 3. The van der Waals surface area contributed by atoms with Gasteiger partial charge in [-0.2, -0.15) is 0 Å². The van der Waals surface area contributed by atoms with Gasteiger partial charge in [-0.1, -0.05) is 18.2 Å². The number of benzene rings is 1. The van der Waals surface area contributed by atoms with Crippen LogP contribution in [0.3, 0.4) is 0 Å². The Balaban J connectivity index is 1.57. The molecule has 1 aromatic heterocycles. The van der Waals surface area contributed by atoms with Crippen LogP contribution in [-0.4, -0.2) is 77.2 Å². The minimum atomic E-state index is -1.24. The Bertz CT molecular complexity index is 1240. The van der Waals surface area contributed by atoms with Gasteiger partial charge in [-0.3, -0.25) is 29.0 Å². The van der Waals surface area contributed by atoms with Crippen LogP contribution in [0.25, 0.3) is 0 Å². The van der Waals surface area contributed by atoms with E-state index in [1.165, 1.54) is 0 Å². The summed E-state index contributed by atoms with van der Waals surface area (Å²) in [5.41, 5.74) is 6.30. The maximum absolute atomic E-state index is 13.5. The van der Waals surface area contributed by atoms with Crippen LogP contribution in [0, 0.1) is 0 Å². The van der Waals surface area contributed by atoms with Crippen molar-refractivity contribution in [1.82, 2.24) is 25.8 Å². The minimum absolute atomic E-state index is 0.0140. The number of ether oxygens (including phenoxy) is 1. The molecule has 0 spiro atoms. The summed E-state index contributed by atoms with van der Waals surface area (Å²) in [7, 11) is 0. The Morgan fingerprint density at radius 2 is 1.90 bits per heavy atom. The number of rotatable bonds is 7. The van der Waals surface area contributed by atoms with E-state index in [0.29, 0.717) is 25.1 Å². The summed E-state index contributed by atoms with van der Waals surface area (Å²) in [6, 6.07) is 9.56. The number of primary amides is 1. The Morgan fingerprint density at radius 1 is 1.10 bits per heavy atom. The predicted octanol–water partition coefficient (Wildman–Crippen LogP) is 0.0627. The van der Waals surface area contributed by atoms with Gasteiger partial charge in [0.2, 0.25) is 23.6 Å². The van der Waals surface area contributed by atoms with Crippen LogP contribution in [0.5, 0.6) is 5.75 Å². The van der Waals surface area contributed by atoms with Crippen molar-refractivity contribution in [3.05, 3.63) is 59.9 Å². The number of hydrogen-bond donors (Lipinski definition) is 4. The molecule has 212 valence electrons. The Kier molecular flexibility index (Phi) is 9.66. The number of nitrogens with zero attached hydrogens (tertiary/aromatic N) is 2. The molecule has 0 unspecified atom stereocenters. The Labute approximate surface area is 232 Å². The molecule has 12 heteroatoms. The summed E-state index contributed by atoms with van der Waals surface area (Å²) in [5, 5.41) is 8.07. The zero-order valence-electron chi connectivity index (χ0n) is 22.1. The highest BCUT2D eigenvalue weighted by Crippen LogP contribution is 2.24. The first-order valence-electron chi connectivity index (χ1n) is 13.4. The van der Waals surface area contributed by atoms with Gasteiger partial charge in [-0.15, -0.1) is 0 Å². The van der Waals surface area contributed by atoms with Crippen molar-refractivity contribution in [3.63, 3.8) is 0 Å². The topological polar surface area (TPSA) is 173 Å². The van der Waals surface area contributed by atoms with Crippen molar-refractivity contribution in [3.8, 4) is 5.75 Å². The number of amides is 5. The highest BCUT2D eigenvalue weighted by atomic mass is 16.5. The van der Waals surface area contributed by atoms with Gasteiger partial charge in [0, 0.05) is 37.8 Å². The van der Waals surface area contributed by atoms with Gasteiger partial charge in [-0.25, -0.2) is 0 Å². The lowest BCUT2D eigenvalue weighted by Gasteiger charge is -2.30. The molecule has 12 nitrogen and oxygen atoms in total. The first-order chi connectivity index (χ1) is 19.3. The molecule has 2 aromatic rings. The zero-order chi connectivity index (χ0) is 28.5. The third-order valence-corrected chi connectivity index (χ3v) is 6.95. The predicted molar refractivity (Wildman–Crippen MR) is 144 cm³/mol. The van der Waals surface area contributed by atoms with E-state index < -0.39 is 42.1 Å². The van der Waals surface area contributed by atoms with E-state index in [0.717, 1.165) is 12.1 Å². The third kappa shape index (κ3) is 7.55. The van der Waals surface area contributed by atoms with Crippen LogP contribution in [-0.2, 0) is 25.6 Å². The smallest absolute Gasteiger partial charge is 0.255 e. The SMILES string of the molecule is NC(=O)CC[C@@H]1NC(=O)C[C@@H](C(=O)NCCc2ccccn2)NC(=O)c2ccccc2OC[C@H]2CCCN2C1=O. The second-order valence-corrected chi connectivity index (χ2v) is 9.85. The first kappa shape index (κ1) is 28.5.